The molecule has 11 aromatic carbocycles. The van der Waals surface area contributed by atoms with Gasteiger partial charge in [0.1, 0.15) is 11.2 Å². The van der Waals surface area contributed by atoms with Crippen LogP contribution in [0.15, 0.2) is 253 Å². The fraction of sp³-hybridized carbons (Fsp3) is 0.0159. The predicted octanol–water partition coefficient (Wildman–Crippen LogP) is 17.1. The van der Waals surface area contributed by atoms with Crippen molar-refractivity contribution in [3.05, 3.63) is 271 Å². The average Bonchev–Trinajstić information content (AvgIpc) is 3.91. The topological polar surface area (TPSA) is 16.4 Å². The molecule has 0 N–H and O–H groups in total. The zero-order valence-corrected chi connectivity index (χ0v) is 35.5. The van der Waals surface area contributed by atoms with Crippen LogP contribution in [-0.2, 0) is 5.41 Å². The Bertz CT molecular complexity index is 3720. The molecule has 12 aromatic rings. The van der Waals surface area contributed by atoms with Crippen molar-refractivity contribution in [2.75, 3.05) is 4.90 Å². The molecule has 0 radical (unpaired) electrons. The number of fused-ring (bicyclic) bond motifs is 9. The third-order valence-corrected chi connectivity index (χ3v) is 13.7. The molecule has 0 saturated carbocycles. The summed E-state index contributed by atoms with van der Waals surface area (Å²) in [6.07, 6.45) is 0. The maximum absolute atomic E-state index is 6.69. The molecule has 0 bridgehead atoms. The molecule has 1 aliphatic rings. The van der Waals surface area contributed by atoms with Gasteiger partial charge in [0.15, 0.2) is 0 Å². The van der Waals surface area contributed by atoms with Gasteiger partial charge in [-0.1, -0.05) is 200 Å². The standard InChI is InChI=1S/C63H41NO/c1-4-16-42(17-5-1)43-32-34-49(35-33-43)64(50-36-37-53-52-24-12-14-26-56(52)63(57(53)41-50,47-19-6-2-7-20-47)48-21-8-3-9-22-48)58-38-39-60-62(54-25-13-15-27-59(54)65-60)61(58)46-31-30-45-29-28-44-18-10-11-23-51(44)55(45)40-46/h1-41H. The number of para-hydroxylation sites is 1. The van der Waals surface area contributed by atoms with Gasteiger partial charge in [-0.05, 0) is 120 Å². The molecule has 65 heavy (non-hydrogen) atoms. The van der Waals surface area contributed by atoms with E-state index in [1.54, 1.807) is 0 Å². The Morgan fingerprint density at radius 2 is 0.908 bits per heavy atom. The number of anilines is 3. The van der Waals surface area contributed by atoms with Crippen LogP contribution in [0.1, 0.15) is 22.3 Å². The highest BCUT2D eigenvalue weighted by Crippen LogP contribution is 2.58. The molecule has 0 atom stereocenters. The first-order chi connectivity index (χ1) is 32.2. The number of furan rings is 1. The van der Waals surface area contributed by atoms with Gasteiger partial charge in [-0.3, -0.25) is 0 Å². The first-order valence-electron chi connectivity index (χ1n) is 22.4. The molecule has 0 spiro atoms. The summed E-state index contributed by atoms with van der Waals surface area (Å²) in [5.41, 5.74) is 16.5. The quantitative estimate of drug-likeness (QED) is 0.149. The predicted molar refractivity (Wildman–Crippen MR) is 272 cm³/mol. The Balaban J connectivity index is 1.12. The van der Waals surface area contributed by atoms with Crippen LogP contribution in [0, 0.1) is 0 Å². The van der Waals surface area contributed by atoms with Crippen molar-refractivity contribution in [3.8, 4) is 33.4 Å². The van der Waals surface area contributed by atoms with E-state index in [0.29, 0.717) is 0 Å². The van der Waals surface area contributed by atoms with Crippen LogP contribution in [0.25, 0.3) is 76.9 Å². The zero-order valence-electron chi connectivity index (χ0n) is 35.5. The zero-order chi connectivity index (χ0) is 42.9. The van der Waals surface area contributed by atoms with E-state index < -0.39 is 5.41 Å². The summed E-state index contributed by atoms with van der Waals surface area (Å²) in [7, 11) is 0. The van der Waals surface area contributed by atoms with Crippen molar-refractivity contribution in [2.45, 2.75) is 5.41 Å². The Morgan fingerprint density at radius 3 is 1.68 bits per heavy atom. The van der Waals surface area contributed by atoms with Crippen molar-refractivity contribution in [3.63, 3.8) is 0 Å². The van der Waals surface area contributed by atoms with Gasteiger partial charge in [0, 0.05) is 27.7 Å². The van der Waals surface area contributed by atoms with E-state index in [0.717, 1.165) is 50.1 Å². The van der Waals surface area contributed by atoms with Crippen molar-refractivity contribution in [2.24, 2.45) is 0 Å². The van der Waals surface area contributed by atoms with Gasteiger partial charge in [-0.2, -0.15) is 0 Å². The van der Waals surface area contributed by atoms with Crippen molar-refractivity contribution >= 4 is 60.5 Å². The maximum atomic E-state index is 6.69. The Labute approximate surface area is 377 Å². The van der Waals surface area contributed by atoms with Crippen molar-refractivity contribution in [1.29, 1.82) is 0 Å². The van der Waals surface area contributed by atoms with Gasteiger partial charge in [0.05, 0.1) is 11.1 Å². The third kappa shape index (κ3) is 5.74. The Hall–Kier alpha value is -8.46. The van der Waals surface area contributed by atoms with E-state index in [-0.39, 0.29) is 0 Å². The first-order valence-corrected chi connectivity index (χ1v) is 22.4. The summed E-state index contributed by atoms with van der Waals surface area (Å²) >= 11 is 0. The molecular formula is C63H41NO. The highest BCUT2D eigenvalue weighted by molar-refractivity contribution is 6.18. The van der Waals surface area contributed by atoms with Crippen LogP contribution in [0.5, 0.6) is 0 Å². The summed E-state index contributed by atoms with van der Waals surface area (Å²) in [6, 6.07) is 91.0. The Kier molecular flexibility index (Phi) is 8.47. The molecule has 0 aliphatic heterocycles. The lowest BCUT2D eigenvalue weighted by molar-refractivity contribution is 0.669. The highest BCUT2D eigenvalue weighted by atomic mass is 16.3. The van der Waals surface area contributed by atoms with Crippen LogP contribution in [-0.4, -0.2) is 0 Å². The molecule has 13 rings (SSSR count). The number of benzene rings is 11. The third-order valence-electron chi connectivity index (χ3n) is 13.7. The van der Waals surface area contributed by atoms with Gasteiger partial charge >= 0.3 is 0 Å². The summed E-state index contributed by atoms with van der Waals surface area (Å²) < 4.78 is 6.69. The van der Waals surface area contributed by atoms with Gasteiger partial charge in [-0.15, -0.1) is 0 Å². The SMILES string of the molecule is c1ccc(-c2ccc(N(c3ccc4c(c3)C(c3ccccc3)(c3ccccc3)c3ccccc3-4)c3ccc4oc5ccccc5c4c3-c3ccc4ccc5ccccc5c4c3)cc2)cc1. The molecular weight excluding hydrogens is 787 g/mol. The molecule has 304 valence electrons. The molecule has 0 saturated heterocycles. The largest absolute Gasteiger partial charge is 0.456 e. The molecule has 1 aromatic heterocycles. The molecule has 0 unspecified atom stereocenters. The second-order valence-corrected chi connectivity index (χ2v) is 17.2. The van der Waals surface area contributed by atoms with E-state index in [4.69, 9.17) is 4.42 Å². The van der Waals surface area contributed by atoms with Crippen molar-refractivity contribution < 1.29 is 4.42 Å². The van der Waals surface area contributed by atoms with E-state index in [9.17, 15) is 0 Å². The molecule has 2 nitrogen and oxygen atoms in total. The fourth-order valence-corrected chi connectivity index (χ4v) is 10.9. The van der Waals surface area contributed by atoms with Crippen LogP contribution in [0.4, 0.5) is 17.1 Å². The lowest BCUT2D eigenvalue weighted by Gasteiger charge is -2.35. The fourth-order valence-electron chi connectivity index (χ4n) is 10.9. The number of rotatable bonds is 7. The molecule has 1 heterocycles. The molecule has 2 heteroatoms. The van der Waals surface area contributed by atoms with Gasteiger partial charge in [0.25, 0.3) is 0 Å². The number of nitrogens with zero attached hydrogens (tertiary/aromatic N) is 1. The van der Waals surface area contributed by atoms with E-state index in [1.165, 1.54) is 66.1 Å². The second kappa shape index (κ2) is 14.8. The highest BCUT2D eigenvalue weighted by Gasteiger charge is 2.46. The lowest BCUT2D eigenvalue weighted by Crippen LogP contribution is -2.28. The van der Waals surface area contributed by atoms with Crippen LogP contribution < -0.4 is 4.90 Å². The normalized spacial score (nSPS) is 12.7. The average molecular weight is 828 g/mol. The van der Waals surface area contributed by atoms with E-state index in [1.807, 2.05) is 0 Å². The first kappa shape index (κ1) is 37.1. The summed E-state index contributed by atoms with van der Waals surface area (Å²) in [5, 5.41) is 7.09. The maximum Gasteiger partial charge on any atom is 0.136 e. The van der Waals surface area contributed by atoms with E-state index in [2.05, 4.69) is 254 Å². The monoisotopic (exact) mass is 827 g/mol. The van der Waals surface area contributed by atoms with Gasteiger partial charge in [-0.25, -0.2) is 0 Å². The lowest BCUT2D eigenvalue weighted by atomic mass is 9.67. The van der Waals surface area contributed by atoms with Crippen molar-refractivity contribution in [1.82, 2.24) is 0 Å². The van der Waals surface area contributed by atoms with Gasteiger partial charge in [0.2, 0.25) is 0 Å². The smallest absolute Gasteiger partial charge is 0.136 e. The molecule has 1 aliphatic carbocycles. The van der Waals surface area contributed by atoms with E-state index >= 15 is 0 Å². The second-order valence-electron chi connectivity index (χ2n) is 17.2. The van der Waals surface area contributed by atoms with Crippen LogP contribution in [0.3, 0.4) is 0 Å². The minimum absolute atomic E-state index is 0.555. The van der Waals surface area contributed by atoms with Gasteiger partial charge < -0.3 is 9.32 Å². The number of hydrogen-bond acceptors (Lipinski definition) is 2. The Morgan fingerprint density at radius 1 is 0.338 bits per heavy atom. The van der Waals surface area contributed by atoms with Crippen LogP contribution in [0.2, 0.25) is 0 Å². The van der Waals surface area contributed by atoms with Crippen LogP contribution >= 0.6 is 0 Å². The summed E-state index contributed by atoms with van der Waals surface area (Å²) in [5.74, 6) is 0. The minimum atomic E-state index is -0.555. The minimum Gasteiger partial charge on any atom is -0.456 e. The summed E-state index contributed by atoms with van der Waals surface area (Å²) in [4.78, 5) is 2.47. The summed E-state index contributed by atoms with van der Waals surface area (Å²) in [6.45, 7) is 0. The number of hydrogen-bond donors (Lipinski definition) is 0. The molecule has 0 amide bonds. The molecule has 0 fully saturated rings.